The first kappa shape index (κ1) is 16.7. The van der Waals surface area contributed by atoms with Gasteiger partial charge in [-0.15, -0.1) is 0 Å². The molecule has 0 N–H and O–H groups in total. The molecule has 118 valence electrons. The van der Waals surface area contributed by atoms with E-state index in [4.69, 9.17) is 14.2 Å². The predicted octanol–water partition coefficient (Wildman–Crippen LogP) is 5.09. The zero-order chi connectivity index (χ0) is 15.6. The van der Waals surface area contributed by atoms with Crippen LogP contribution in [0.2, 0.25) is 0 Å². The molecule has 2 rings (SSSR count). The molecule has 22 heavy (non-hydrogen) atoms. The number of rotatable bonds is 9. The van der Waals surface area contributed by atoms with E-state index in [1.54, 1.807) is 0 Å². The molecular formula is C18H21BrO3. The number of halogens is 1. The summed E-state index contributed by atoms with van der Waals surface area (Å²) in [5.41, 5.74) is 0. The summed E-state index contributed by atoms with van der Waals surface area (Å²) >= 11 is 3.43. The van der Waals surface area contributed by atoms with Crippen LogP contribution in [0.4, 0.5) is 0 Å². The molecule has 0 aliphatic rings. The average Bonchev–Trinajstić information content (AvgIpc) is 2.51. The lowest BCUT2D eigenvalue weighted by atomic mass is 10.3. The Hall–Kier alpha value is -1.68. The maximum atomic E-state index is 5.72. The lowest BCUT2D eigenvalue weighted by molar-refractivity contribution is 0.265. The largest absolute Gasteiger partial charge is 0.494 e. The van der Waals surface area contributed by atoms with E-state index in [0.717, 1.165) is 34.6 Å². The van der Waals surface area contributed by atoms with Gasteiger partial charge in [-0.05, 0) is 50.1 Å². The molecule has 0 saturated carbocycles. The summed E-state index contributed by atoms with van der Waals surface area (Å²) in [6.07, 6.45) is 1.91. The van der Waals surface area contributed by atoms with Crippen LogP contribution >= 0.6 is 15.9 Å². The quantitative estimate of drug-likeness (QED) is 0.580. The maximum absolute atomic E-state index is 5.72. The van der Waals surface area contributed by atoms with Gasteiger partial charge in [0, 0.05) is 10.5 Å². The zero-order valence-corrected chi connectivity index (χ0v) is 14.3. The van der Waals surface area contributed by atoms with Crippen LogP contribution in [0, 0.1) is 0 Å². The highest BCUT2D eigenvalue weighted by Crippen LogP contribution is 2.20. The third-order valence-corrected chi connectivity index (χ3v) is 3.48. The van der Waals surface area contributed by atoms with Crippen molar-refractivity contribution < 1.29 is 14.2 Å². The monoisotopic (exact) mass is 364 g/mol. The molecular weight excluding hydrogens is 344 g/mol. The van der Waals surface area contributed by atoms with Crippen molar-refractivity contribution in [2.45, 2.75) is 19.8 Å². The maximum Gasteiger partial charge on any atom is 0.122 e. The van der Waals surface area contributed by atoms with E-state index in [-0.39, 0.29) is 0 Å². The molecule has 0 unspecified atom stereocenters. The van der Waals surface area contributed by atoms with Gasteiger partial charge in [0.05, 0.1) is 19.8 Å². The molecule has 0 heterocycles. The summed E-state index contributed by atoms with van der Waals surface area (Å²) < 4.78 is 17.9. The Balaban J connectivity index is 1.62. The summed E-state index contributed by atoms with van der Waals surface area (Å²) in [5, 5.41) is 0. The summed E-state index contributed by atoms with van der Waals surface area (Å²) in [6, 6.07) is 15.6. The van der Waals surface area contributed by atoms with Crippen molar-refractivity contribution in [2.24, 2.45) is 0 Å². The van der Waals surface area contributed by atoms with Crippen molar-refractivity contribution >= 4 is 15.9 Å². The van der Waals surface area contributed by atoms with Gasteiger partial charge in [0.1, 0.15) is 17.2 Å². The van der Waals surface area contributed by atoms with E-state index < -0.39 is 0 Å². The van der Waals surface area contributed by atoms with Crippen LogP contribution in [-0.4, -0.2) is 19.8 Å². The van der Waals surface area contributed by atoms with Crippen molar-refractivity contribution in [3.05, 3.63) is 53.0 Å². The number of ether oxygens (including phenoxy) is 3. The van der Waals surface area contributed by atoms with E-state index in [2.05, 4.69) is 15.9 Å². The highest BCUT2D eigenvalue weighted by molar-refractivity contribution is 9.10. The standard InChI is InChI=1S/C18H21BrO3/c1-2-20-17-9-6-10-18(14-17)22-12-4-3-11-21-16-8-5-7-15(19)13-16/h5-10,13-14H,2-4,11-12H2,1H3. The molecule has 0 atom stereocenters. The molecule has 0 saturated heterocycles. The second-order valence-electron chi connectivity index (χ2n) is 4.77. The fourth-order valence-corrected chi connectivity index (χ4v) is 2.34. The summed E-state index contributed by atoms with van der Waals surface area (Å²) in [5.74, 6) is 2.58. The normalized spacial score (nSPS) is 10.3. The highest BCUT2D eigenvalue weighted by Gasteiger charge is 1.98. The Morgan fingerprint density at radius 3 is 1.91 bits per heavy atom. The SMILES string of the molecule is CCOc1cccc(OCCCCOc2cccc(Br)c2)c1. The van der Waals surface area contributed by atoms with E-state index in [1.807, 2.05) is 55.5 Å². The minimum atomic E-state index is 0.663. The van der Waals surface area contributed by atoms with Crippen molar-refractivity contribution in [1.29, 1.82) is 0 Å². The fourth-order valence-electron chi connectivity index (χ4n) is 1.96. The average molecular weight is 365 g/mol. The third kappa shape index (κ3) is 5.98. The lowest BCUT2D eigenvalue weighted by Gasteiger charge is -2.09. The first-order valence-electron chi connectivity index (χ1n) is 7.52. The molecule has 0 aliphatic carbocycles. The molecule has 0 aliphatic heterocycles. The number of benzene rings is 2. The molecule has 0 amide bonds. The molecule has 2 aromatic carbocycles. The second kappa shape index (κ2) is 9.36. The van der Waals surface area contributed by atoms with Crippen LogP contribution < -0.4 is 14.2 Å². The first-order chi connectivity index (χ1) is 10.8. The second-order valence-corrected chi connectivity index (χ2v) is 5.68. The Morgan fingerprint density at radius 2 is 1.32 bits per heavy atom. The molecule has 0 spiro atoms. The van der Waals surface area contributed by atoms with E-state index in [9.17, 15) is 0 Å². The topological polar surface area (TPSA) is 27.7 Å². The molecule has 4 heteroatoms. The van der Waals surface area contributed by atoms with Gasteiger partial charge in [-0.1, -0.05) is 28.1 Å². The van der Waals surface area contributed by atoms with Crippen LogP contribution in [0.15, 0.2) is 53.0 Å². The van der Waals surface area contributed by atoms with Gasteiger partial charge in [0.25, 0.3) is 0 Å². The van der Waals surface area contributed by atoms with Gasteiger partial charge in [-0.25, -0.2) is 0 Å². The van der Waals surface area contributed by atoms with Crippen molar-refractivity contribution in [3.8, 4) is 17.2 Å². The van der Waals surface area contributed by atoms with Gasteiger partial charge >= 0.3 is 0 Å². The fraction of sp³-hybridized carbons (Fsp3) is 0.333. The predicted molar refractivity (Wildman–Crippen MR) is 92.0 cm³/mol. The van der Waals surface area contributed by atoms with Gasteiger partial charge in [-0.3, -0.25) is 0 Å². The summed E-state index contributed by atoms with van der Waals surface area (Å²) in [6.45, 7) is 4.01. The van der Waals surface area contributed by atoms with Crippen LogP contribution in [0.3, 0.4) is 0 Å². The molecule has 2 aromatic rings. The van der Waals surface area contributed by atoms with E-state index in [0.29, 0.717) is 19.8 Å². The molecule has 0 fully saturated rings. The van der Waals surface area contributed by atoms with Crippen LogP contribution in [-0.2, 0) is 0 Å². The van der Waals surface area contributed by atoms with Crippen molar-refractivity contribution in [2.75, 3.05) is 19.8 Å². The Bertz CT molecular complexity index is 572. The molecule has 0 aromatic heterocycles. The van der Waals surface area contributed by atoms with Crippen LogP contribution in [0.5, 0.6) is 17.2 Å². The first-order valence-corrected chi connectivity index (χ1v) is 8.31. The van der Waals surface area contributed by atoms with E-state index in [1.165, 1.54) is 0 Å². The minimum Gasteiger partial charge on any atom is -0.494 e. The van der Waals surface area contributed by atoms with Crippen molar-refractivity contribution in [3.63, 3.8) is 0 Å². The Kier molecular flexibility index (Phi) is 7.10. The van der Waals surface area contributed by atoms with Crippen LogP contribution in [0.1, 0.15) is 19.8 Å². The number of hydrogen-bond donors (Lipinski definition) is 0. The number of hydrogen-bond acceptors (Lipinski definition) is 3. The molecule has 3 nitrogen and oxygen atoms in total. The summed E-state index contributed by atoms with van der Waals surface area (Å²) in [7, 11) is 0. The Labute approximate surface area is 140 Å². The third-order valence-electron chi connectivity index (χ3n) is 2.99. The van der Waals surface area contributed by atoms with Crippen molar-refractivity contribution in [1.82, 2.24) is 0 Å². The van der Waals surface area contributed by atoms with Gasteiger partial charge in [0.2, 0.25) is 0 Å². The molecule has 0 radical (unpaired) electrons. The Morgan fingerprint density at radius 1 is 0.773 bits per heavy atom. The summed E-state index contributed by atoms with van der Waals surface area (Å²) in [4.78, 5) is 0. The van der Waals surface area contributed by atoms with Crippen LogP contribution in [0.25, 0.3) is 0 Å². The van der Waals surface area contributed by atoms with E-state index >= 15 is 0 Å². The van der Waals surface area contributed by atoms with Gasteiger partial charge in [0.15, 0.2) is 0 Å². The lowest BCUT2D eigenvalue weighted by Crippen LogP contribution is -2.02. The number of unbranched alkanes of at least 4 members (excludes halogenated alkanes) is 1. The smallest absolute Gasteiger partial charge is 0.122 e. The molecule has 0 bridgehead atoms. The highest BCUT2D eigenvalue weighted by atomic mass is 79.9. The van der Waals surface area contributed by atoms with Gasteiger partial charge in [-0.2, -0.15) is 0 Å². The van der Waals surface area contributed by atoms with Gasteiger partial charge < -0.3 is 14.2 Å². The zero-order valence-electron chi connectivity index (χ0n) is 12.8. The minimum absolute atomic E-state index is 0.663.